The number of amides is 2. The van der Waals surface area contributed by atoms with E-state index in [1.54, 1.807) is 12.1 Å². The summed E-state index contributed by atoms with van der Waals surface area (Å²) in [5.74, 6) is -1.45. The monoisotopic (exact) mass is 490 g/mol. The Bertz CT molecular complexity index is 893. The summed E-state index contributed by atoms with van der Waals surface area (Å²) in [5.41, 5.74) is -0.436. The van der Waals surface area contributed by atoms with Crippen LogP contribution in [0.25, 0.3) is 0 Å². The van der Waals surface area contributed by atoms with E-state index in [1.165, 1.54) is 25.1 Å². The Hall–Kier alpha value is -2.81. The van der Waals surface area contributed by atoms with Crippen molar-refractivity contribution in [3.63, 3.8) is 0 Å². The minimum Gasteiger partial charge on any atom is -0.508 e. The number of esters is 1. The Morgan fingerprint density at radius 2 is 1.79 bits per heavy atom. The third kappa shape index (κ3) is 7.62. The number of benzene rings is 1. The Morgan fingerprint density at radius 1 is 1.18 bits per heavy atom. The lowest BCUT2D eigenvalue weighted by molar-refractivity contribution is -0.147. The molecule has 1 aliphatic rings. The Balaban J connectivity index is 2.23. The van der Waals surface area contributed by atoms with E-state index in [4.69, 9.17) is 4.74 Å². The first-order chi connectivity index (χ1) is 16.1. The van der Waals surface area contributed by atoms with Crippen molar-refractivity contribution in [2.24, 2.45) is 5.92 Å². The highest BCUT2D eigenvalue weighted by Gasteiger charge is 2.45. The van der Waals surface area contributed by atoms with Crippen LogP contribution in [0.4, 0.5) is 0 Å². The van der Waals surface area contributed by atoms with Crippen LogP contribution < -0.4 is 10.6 Å². The minimum absolute atomic E-state index is 0.000990. The first-order valence-corrected chi connectivity index (χ1v) is 12.3. The molecule has 1 saturated carbocycles. The van der Waals surface area contributed by atoms with Crippen molar-refractivity contribution >= 4 is 34.7 Å². The second kappa shape index (κ2) is 12.6. The average molecular weight is 491 g/mol. The quantitative estimate of drug-likeness (QED) is 0.322. The topological polar surface area (TPSA) is 122 Å². The highest BCUT2D eigenvalue weighted by molar-refractivity contribution is 8.14. The molecule has 2 atom stereocenters. The lowest BCUT2D eigenvalue weighted by Crippen LogP contribution is -2.61. The summed E-state index contributed by atoms with van der Waals surface area (Å²) in [6.07, 6.45) is 3.98. The van der Waals surface area contributed by atoms with E-state index in [1.807, 2.05) is 13.8 Å². The number of nitrogens with one attached hydrogen (secondary N) is 2. The van der Waals surface area contributed by atoms with Gasteiger partial charge in [-0.25, -0.2) is 4.79 Å². The number of ether oxygens (including phenoxy) is 1. The van der Waals surface area contributed by atoms with Crippen molar-refractivity contribution < 1.29 is 29.0 Å². The summed E-state index contributed by atoms with van der Waals surface area (Å²) in [6, 6.07) is 5.34. The number of carbonyl (C=O) groups is 4. The third-order valence-corrected chi connectivity index (χ3v) is 7.06. The first-order valence-electron chi connectivity index (χ1n) is 11.4. The molecule has 0 spiro atoms. The molecule has 1 aromatic rings. The summed E-state index contributed by atoms with van der Waals surface area (Å²) in [7, 11) is 0. The lowest BCUT2D eigenvalue weighted by atomic mass is 9.94. The molecular formula is C25H34N2O6S. The van der Waals surface area contributed by atoms with E-state index in [-0.39, 0.29) is 35.7 Å². The molecule has 0 heterocycles. The average Bonchev–Trinajstić information content (AvgIpc) is 3.26. The molecule has 3 N–H and O–H groups in total. The smallest absolute Gasteiger partial charge is 0.329 e. The number of thioether (sulfide) groups is 1. The Labute approximate surface area is 204 Å². The maximum absolute atomic E-state index is 13.5. The molecule has 2 rings (SSSR count). The first kappa shape index (κ1) is 27.4. The maximum Gasteiger partial charge on any atom is 0.329 e. The number of hydrogen-bond donors (Lipinski definition) is 3. The predicted octanol–water partition coefficient (Wildman–Crippen LogP) is 2.88. The van der Waals surface area contributed by atoms with Gasteiger partial charge >= 0.3 is 5.97 Å². The zero-order chi connectivity index (χ0) is 25.3. The van der Waals surface area contributed by atoms with Gasteiger partial charge in [0.1, 0.15) is 23.9 Å². The van der Waals surface area contributed by atoms with Crippen molar-refractivity contribution in [3.8, 4) is 5.75 Å². The molecule has 0 aliphatic heterocycles. The van der Waals surface area contributed by atoms with Crippen molar-refractivity contribution in [1.82, 2.24) is 10.6 Å². The fraction of sp³-hybridized carbons (Fsp3) is 0.520. The number of phenolic OH excluding ortho intramolecular Hbond substituents is 1. The third-order valence-electron chi connectivity index (χ3n) is 5.72. The lowest BCUT2D eigenvalue weighted by Gasteiger charge is -2.33. The molecule has 0 aromatic heterocycles. The molecule has 0 bridgehead atoms. The summed E-state index contributed by atoms with van der Waals surface area (Å²) in [6.45, 7) is 8.65. The highest BCUT2D eigenvalue weighted by Crippen LogP contribution is 2.32. The van der Waals surface area contributed by atoms with E-state index >= 15 is 0 Å². The van der Waals surface area contributed by atoms with Gasteiger partial charge in [0.05, 0.1) is 5.25 Å². The highest BCUT2D eigenvalue weighted by atomic mass is 32.2. The molecule has 1 aliphatic carbocycles. The van der Waals surface area contributed by atoms with Gasteiger partial charge in [-0.1, -0.05) is 63.2 Å². The van der Waals surface area contributed by atoms with E-state index in [9.17, 15) is 24.3 Å². The van der Waals surface area contributed by atoms with Crippen molar-refractivity contribution in [2.75, 3.05) is 6.61 Å². The van der Waals surface area contributed by atoms with Crippen LogP contribution in [0.5, 0.6) is 5.75 Å². The number of carbonyl (C=O) groups excluding carboxylic acids is 4. The zero-order valence-corrected chi connectivity index (χ0v) is 20.8. The largest absolute Gasteiger partial charge is 0.508 e. The molecule has 8 nitrogen and oxygen atoms in total. The fourth-order valence-corrected chi connectivity index (χ4v) is 4.76. The van der Waals surface area contributed by atoms with Crippen molar-refractivity contribution in [1.29, 1.82) is 0 Å². The Morgan fingerprint density at radius 3 is 2.32 bits per heavy atom. The molecule has 1 fully saturated rings. The van der Waals surface area contributed by atoms with E-state index in [0.29, 0.717) is 12.8 Å². The molecule has 2 amide bonds. The van der Waals surface area contributed by atoms with Crippen LogP contribution in [0.1, 0.15) is 52.0 Å². The van der Waals surface area contributed by atoms with Gasteiger partial charge in [-0.2, -0.15) is 0 Å². The molecule has 0 radical (unpaired) electrons. The van der Waals surface area contributed by atoms with E-state index in [2.05, 4.69) is 17.2 Å². The van der Waals surface area contributed by atoms with Gasteiger partial charge in [0.15, 0.2) is 5.12 Å². The van der Waals surface area contributed by atoms with Crippen LogP contribution in [0, 0.1) is 5.92 Å². The van der Waals surface area contributed by atoms with Crippen LogP contribution in [0.3, 0.4) is 0 Å². The summed E-state index contributed by atoms with van der Waals surface area (Å²) in [4.78, 5) is 50.9. The van der Waals surface area contributed by atoms with Crippen LogP contribution in [0.15, 0.2) is 36.9 Å². The summed E-state index contributed by atoms with van der Waals surface area (Å²) < 4.78 is 5.19. The summed E-state index contributed by atoms with van der Waals surface area (Å²) >= 11 is 0.954. The van der Waals surface area contributed by atoms with Gasteiger partial charge < -0.3 is 20.5 Å². The number of rotatable bonds is 11. The predicted molar refractivity (Wildman–Crippen MR) is 131 cm³/mol. The minimum atomic E-state index is -1.16. The van der Waals surface area contributed by atoms with Crippen LogP contribution >= 0.6 is 11.8 Å². The molecule has 0 saturated heterocycles. The van der Waals surface area contributed by atoms with Gasteiger partial charge in [-0.15, -0.1) is 0 Å². The van der Waals surface area contributed by atoms with Gasteiger partial charge in [0.2, 0.25) is 11.8 Å². The van der Waals surface area contributed by atoms with Crippen LogP contribution in [-0.4, -0.2) is 51.4 Å². The standard InChI is InChI=1S/C25H34N2O6S/c1-5-14-33-23(31)20(15-18-8-10-19(29)11-9-18)26-24(32)25(12-6-7-13-25)27-22(30)21(16(2)3)34-17(4)28/h5,8-11,16,20-21,29H,1,6-7,12-15H2,2-4H3,(H,26,32)(H,27,30)/t20-,21+/m0/s1. The van der Waals surface area contributed by atoms with Crippen molar-refractivity contribution in [3.05, 3.63) is 42.5 Å². The fourth-order valence-electron chi connectivity index (χ4n) is 3.96. The normalized spacial score (nSPS) is 16.4. The van der Waals surface area contributed by atoms with E-state index in [0.717, 1.165) is 30.2 Å². The number of aromatic hydroxyl groups is 1. The molecule has 186 valence electrons. The van der Waals surface area contributed by atoms with Gasteiger partial charge in [-0.3, -0.25) is 14.4 Å². The molecule has 34 heavy (non-hydrogen) atoms. The maximum atomic E-state index is 13.5. The summed E-state index contributed by atoms with van der Waals surface area (Å²) in [5, 5.41) is 14.4. The van der Waals surface area contributed by atoms with Gasteiger partial charge in [0, 0.05) is 13.3 Å². The molecular weight excluding hydrogens is 456 g/mol. The van der Waals surface area contributed by atoms with Crippen LogP contribution in [0.2, 0.25) is 0 Å². The molecule has 1 aromatic carbocycles. The second-order valence-electron chi connectivity index (χ2n) is 8.87. The SMILES string of the molecule is C=CCOC(=O)[C@H](Cc1ccc(O)cc1)NC(=O)C1(NC(=O)[C@H](SC(C)=O)C(C)C)CCCC1. The second-order valence-corrected chi connectivity index (χ2v) is 10.2. The van der Waals surface area contributed by atoms with Crippen LogP contribution in [-0.2, 0) is 30.3 Å². The zero-order valence-electron chi connectivity index (χ0n) is 20.0. The number of hydrogen-bond acceptors (Lipinski definition) is 7. The number of phenols is 1. The van der Waals surface area contributed by atoms with Gasteiger partial charge in [0.25, 0.3) is 0 Å². The van der Waals surface area contributed by atoms with Gasteiger partial charge in [-0.05, 0) is 36.5 Å². The Kier molecular flexibility index (Phi) is 10.2. The molecule has 0 unspecified atom stereocenters. The van der Waals surface area contributed by atoms with Crippen molar-refractivity contribution in [2.45, 2.75) is 69.7 Å². The van der Waals surface area contributed by atoms with E-state index < -0.39 is 28.7 Å². The molecule has 9 heteroatoms.